The van der Waals surface area contributed by atoms with Crippen molar-refractivity contribution in [2.75, 3.05) is 19.1 Å². The third-order valence-electron chi connectivity index (χ3n) is 4.71. The number of amides is 1. The maximum atomic E-state index is 12.6. The summed E-state index contributed by atoms with van der Waals surface area (Å²) in [5.74, 6) is -1.51. The Morgan fingerprint density at radius 3 is 1.79 bits per heavy atom. The highest BCUT2D eigenvalue weighted by molar-refractivity contribution is 6.38. The number of carbonyl (C=O) groups excluding carboxylic acids is 2. The number of anilines is 1. The van der Waals surface area contributed by atoms with Gasteiger partial charge >= 0.3 is 18.2 Å². The summed E-state index contributed by atoms with van der Waals surface area (Å²) in [5.41, 5.74) is 2.56. The fourth-order valence-electron chi connectivity index (χ4n) is 3.07. The Kier molecular flexibility index (Phi) is 7.22. The lowest BCUT2D eigenvalue weighted by molar-refractivity contribution is -0.274. The quantitative estimate of drug-likeness (QED) is 0.385. The lowest BCUT2D eigenvalue weighted by Gasteiger charge is -2.22. The van der Waals surface area contributed by atoms with Gasteiger partial charge in [0.15, 0.2) is 0 Å². The first kappa shape index (κ1) is 23.6. The number of benzene rings is 3. The molecular formula is C24H20F3NO5. The number of halogens is 3. The minimum atomic E-state index is -4.76. The van der Waals surface area contributed by atoms with Gasteiger partial charge in [-0.15, -0.1) is 13.2 Å². The Morgan fingerprint density at radius 1 is 0.788 bits per heavy atom. The number of hydrogen-bond donors (Lipinski definition) is 0. The number of rotatable bonds is 6. The highest BCUT2D eigenvalue weighted by atomic mass is 19.4. The second-order valence-electron chi connectivity index (χ2n) is 6.85. The van der Waals surface area contributed by atoms with E-state index in [0.29, 0.717) is 22.6 Å². The first-order chi connectivity index (χ1) is 15.7. The van der Waals surface area contributed by atoms with Crippen molar-refractivity contribution in [1.29, 1.82) is 0 Å². The van der Waals surface area contributed by atoms with Gasteiger partial charge in [0, 0.05) is 5.69 Å². The minimum absolute atomic E-state index is 0.112. The average molecular weight is 459 g/mol. The van der Waals surface area contributed by atoms with Crippen LogP contribution in [0.1, 0.15) is 5.56 Å². The topological polar surface area (TPSA) is 65.1 Å². The average Bonchev–Trinajstić information content (AvgIpc) is 2.81. The van der Waals surface area contributed by atoms with Crippen molar-refractivity contribution in [3.05, 3.63) is 78.4 Å². The third-order valence-corrected chi connectivity index (χ3v) is 4.71. The van der Waals surface area contributed by atoms with Crippen molar-refractivity contribution >= 4 is 17.6 Å². The van der Waals surface area contributed by atoms with E-state index in [9.17, 15) is 22.8 Å². The Labute approximate surface area is 188 Å². The Balaban J connectivity index is 1.83. The summed E-state index contributed by atoms with van der Waals surface area (Å²) in [6, 6.07) is 19.1. The lowest BCUT2D eigenvalue weighted by atomic mass is 10.0. The molecule has 0 N–H and O–H groups in total. The van der Waals surface area contributed by atoms with Gasteiger partial charge < -0.3 is 14.2 Å². The molecule has 0 saturated heterocycles. The SMILES string of the molecule is COC(=O)C(=O)N(Cc1ccc(OC)cc1)c1ccc(-c2ccc(OC(F)(F)F)cc2)cc1. The highest BCUT2D eigenvalue weighted by Gasteiger charge is 2.31. The van der Waals surface area contributed by atoms with Gasteiger partial charge in [-0.25, -0.2) is 4.79 Å². The molecule has 0 aliphatic rings. The summed E-state index contributed by atoms with van der Waals surface area (Å²) in [6.45, 7) is 0.112. The lowest BCUT2D eigenvalue weighted by Crippen LogP contribution is -2.36. The first-order valence-corrected chi connectivity index (χ1v) is 9.69. The molecule has 0 spiro atoms. The van der Waals surface area contributed by atoms with Crippen molar-refractivity contribution in [3.63, 3.8) is 0 Å². The van der Waals surface area contributed by atoms with Crippen molar-refractivity contribution in [2.24, 2.45) is 0 Å². The number of hydrogen-bond acceptors (Lipinski definition) is 5. The molecule has 1 amide bonds. The molecule has 3 aromatic rings. The molecule has 172 valence electrons. The Morgan fingerprint density at radius 2 is 1.30 bits per heavy atom. The van der Waals surface area contributed by atoms with E-state index in [-0.39, 0.29) is 12.3 Å². The van der Waals surface area contributed by atoms with E-state index >= 15 is 0 Å². The molecule has 3 rings (SSSR count). The molecule has 0 bridgehead atoms. The van der Waals surface area contributed by atoms with Crippen LogP contribution in [0.4, 0.5) is 18.9 Å². The van der Waals surface area contributed by atoms with Crippen LogP contribution >= 0.6 is 0 Å². The predicted molar refractivity (Wildman–Crippen MR) is 115 cm³/mol. The molecule has 6 nitrogen and oxygen atoms in total. The van der Waals surface area contributed by atoms with Gasteiger partial charge in [0.05, 0.1) is 20.8 Å². The molecule has 0 radical (unpaired) electrons. The molecule has 0 aromatic heterocycles. The van der Waals surface area contributed by atoms with Crippen molar-refractivity contribution in [2.45, 2.75) is 12.9 Å². The van der Waals surface area contributed by atoms with Crippen LogP contribution in [0.5, 0.6) is 11.5 Å². The first-order valence-electron chi connectivity index (χ1n) is 9.69. The zero-order chi connectivity index (χ0) is 24.0. The molecule has 9 heteroatoms. The van der Waals surface area contributed by atoms with Crippen molar-refractivity contribution in [3.8, 4) is 22.6 Å². The highest BCUT2D eigenvalue weighted by Crippen LogP contribution is 2.28. The summed E-state index contributed by atoms with van der Waals surface area (Å²) in [7, 11) is 2.67. The van der Waals surface area contributed by atoms with Gasteiger partial charge in [-0.1, -0.05) is 36.4 Å². The van der Waals surface area contributed by atoms with Crippen LogP contribution in [0, 0.1) is 0 Å². The van der Waals surface area contributed by atoms with Gasteiger partial charge in [0.2, 0.25) is 0 Å². The molecule has 0 saturated carbocycles. The van der Waals surface area contributed by atoms with Crippen LogP contribution in [0.3, 0.4) is 0 Å². The van der Waals surface area contributed by atoms with Crippen molar-refractivity contribution < 1.29 is 37.0 Å². The number of ether oxygens (including phenoxy) is 3. The zero-order valence-electron chi connectivity index (χ0n) is 17.8. The number of nitrogens with zero attached hydrogens (tertiary/aromatic N) is 1. The number of esters is 1. The molecular weight excluding hydrogens is 439 g/mol. The third kappa shape index (κ3) is 6.25. The zero-order valence-corrected chi connectivity index (χ0v) is 17.8. The fourth-order valence-corrected chi connectivity index (χ4v) is 3.07. The second-order valence-corrected chi connectivity index (χ2v) is 6.85. The number of alkyl halides is 3. The largest absolute Gasteiger partial charge is 0.573 e. The molecule has 3 aromatic carbocycles. The summed E-state index contributed by atoms with van der Waals surface area (Å²) in [5, 5.41) is 0. The van der Waals surface area contributed by atoms with Gasteiger partial charge in [-0.2, -0.15) is 0 Å². The molecule has 0 fully saturated rings. The molecule has 0 aliphatic heterocycles. The monoisotopic (exact) mass is 459 g/mol. The van der Waals surface area contributed by atoms with Crippen molar-refractivity contribution in [1.82, 2.24) is 0 Å². The van der Waals surface area contributed by atoms with Crippen LogP contribution < -0.4 is 14.4 Å². The molecule has 0 unspecified atom stereocenters. The maximum Gasteiger partial charge on any atom is 0.573 e. The van der Waals surface area contributed by atoms with Crippen LogP contribution in [-0.2, 0) is 20.9 Å². The van der Waals surface area contributed by atoms with Gasteiger partial charge in [0.1, 0.15) is 11.5 Å². The summed E-state index contributed by atoms with van der Waals surface area (Å²) >= 11 is 0. The number of carbonyl (C=O) groups is 2. The summed E-state index contributed by atoms with van der Waals surface area (Å²) in [6.07, 6.45) is -4.76. The van der Waals surface area contributed by atoms with E-state index in [1.807, 2.05) is 0 Å². The Hall–Kier alpha value is -4.01. The Bertz CT molecular complexity index is 1090. The number of methoxy groups -OCH3 is 2. The van der Waals surface area contributed by atoms with E-state index < -0.39 is 18.2 Å². The van der Waals surface area contributed by atoms with Gasteiger partial charge in [-0.3, -0.25) is 9.69 Å². The van der Waals surface area contributed by atoms with E-state index in [1.54, 1.807) is 55.6 Å². The molecule has 0 atom stereocenters. The van der Waals surface area contributed by atoms with Crippen LogP contribution in [0.15, 0.2) is 72.8 Å². The second kappa shape index (κ2) is 10.1. The predicted octanol–water partition coefficient (Wildman–Crippen LogP) is 4.97. The fraction of sp³-hybridized carbons (Fsp3) is 0.167. The minimum Gasteiger partial charge on any atom is -0.497 e. The van der Waals surface area contributed by atoms with E-state index in [0.717, 1.165) is 12.7 Å². The van der Waals surface area contributed by atoms with Crippen LogP contribution in [0.25, 0.3) is 11.1 Å². The van der Waals surface area contributed by atoms with E-state index in [4.69, 9.17) is 4.74 Å². The van der Waals surface area contributed by atoms with Crippen LogP contribution in [0.2, 0.25) is 0 Å². The standard InChI is InChI=1S/C24H20F3NO5/c1-31-20-11-3-16(4-12-20)15-28(22(29)23(30)32-2)19-9-5-17(6-10-19)18-7-13-21(14-8-18)33-24(25,26)27/h3-14H,15H2,1-2H3. The van der Waals surface area contributed by atoms with Gasteiger partial charge in [0.25, 0.3) is 0 Å². The van der Waals surface area contributed by atoms with Gasteiger partial charge in [-0.05, 0) is 53.1 Å². The molecule has 0 heterocycles. The van der Waals surface area contributed by atoms with E-state index in [2.05, 4.69) is 9.47 Å². The normalized spacial score (nSPS) is 10.9. The smallest absolute Gasteiger partial charge is 0.497 e. The summed E-state index contributed by atoms with van der Waals surface area (Å²) < 4.78 is 50.6. The molecule has 33 heavy (non-hydrogen) atoms. The summed E-state index contributed by atoms with van der Waals surface area (Å²) in [4.78, 5) is 25.8. The van der Waals surface area contributed by atoms with E-state index in [1.165, 1.54) is 29.2 Å². The molecule has 0 aliphatic carbocycles. The maximum absolute atomic E-state index is 12.6. The van der Waals surface area contributed by atoms with Crippen LogP contribution in [-0.4, -0.2) is 32.5 Å².